The van der Waals surface area contributed by atoms with Gasteiger partial charge in [-0.15, -0.1) is 0 Å². The van der Waals surface area contributed by atoms with E-state index in [0.717, 1.165) is 11.3 Å². The van der Waals surface area contributed by atoms with E-state index in [2.05, 4.69) is 10.4 Å². The van der Waals surface area contributed by atoms with Crippen molar-refractivity contribution < 1.29 is 18.0 Å². The molecule has 2 fully saturated rings. The lowest BCUT2D eigenvalue weighted by atomic mass is 10.1. The van der Waals surface area contributed by atoms with Gasteiger partial charge in [0.1, 0.15) is 5.82 Å². The minimum atomic E-state index is -3.06. The van der Waals surface area contributed by atoms with Crippen LogP contribution in [-0.4, -0.2) is 84.0 Å². The van der Waals surface area contributed by atoms with Crippen LogP contribution >= 0.6 is 11.6 Å². The molecular weight excluding hydrogens is 466 g/mol. The monoisotopic (exact) mass is 493 g/mol. The third kappa shape index (κ3) is 5.93. The minimum absolute atomic E-state index is 0.0260. The SMILES string of the molecule is Cc1cc(NC(=O)CN2CCN(C(=O)Cc3ccccc3Cl)CC2)n(C2CCS(=O)(=O)C2)n1. The Bertz CT molecular complexity index is 1140. The summed E-state index contributed by atoms with van der Waals surface area (Å²) >= 11 is 6.16. The van der Waals surface area contributed by atoms with Crippen LogP contribution in [0.15, 0.2) is 30.3 Å². The first-order valence-electron chi connectivity index (χ1n) is 11.0. The Morgan fingerprint density at radius 1 is 1.18 bits per heavy atom. The first-order valence-corrected chi connectivity index (χ1v) is 13.2. The number of nitrogens with one attached hydrogen (secondary N) is 1. The van der Waals surface area contributed by atoms with Crippen LogP contribution in [0.3, 0.4) is 0 Å². The molecule has 2 aromatic rings. The molecule has 1 aromatic heterocycles. The largest absolute Gasteiger partial charge is 0.340 e. The molecule has 1 unspecified atom stereocenters. The molecule has 0 bridgehead atoms. The van der Waals surface area contributed by atoms with E-state index in [1.807, 2.05) is 30.0 Å². The molecular formula is C22H28ClN5O4S. The predicted octanol–water partition coefficient (Wildman–Crippen LogP) is 1.53. The lowest BCUT2D eigenvalue weighted by molar-refractivity contribution is -0.132. The number of sulfone groups is 1. The van der Waals surface area contributed by atoms with Gasteiger partial charge in [-0.25, -0.2) is 13.1 Å². The fourth-order valence-corrected chi connectivity index (χ4v) is 6.21. The van der Waals surface area contributed by atoms with Crippen LogP contribution in [0, 0.1) is 6.92 Å². The second-order valence-corrected chi connectivity index (χ2v) is 11.3. The van der Waals surface area contributed by atoms with Crippen LogP contribution in [0.4, 0.5) is 5.82 Å². The van der Waals surface area contributed by atoms with Crippen molar-refractivity contribution in [3.8, 4) is 0 Å². The highest BCUT2D eigenvalue weighted by Gasteiger charge is 2.31. The van der Waals surface area contributed by atoms with Crippen molar-refractivity contribution in [1.82, 2.24) is 19.6 Å². The number of amides is 2. The average Bonchev–Trinajstić information content (AvgIpc) is 3.31. The van der Waals surface area contributed by atoms with Crippen LogP contribution in [0.25, 0.3) is 0 Å². The van der Waals surface area contributed by atoms with E-state index in [9.17, 15) is 18.0 Å². The maximum atomic E-state index is 12.7. The summed E-state index contributed by atoms with van der Waals surface area (Å²) < 4.78 is 25.3. The minimum Gasteiger partial charge on any atom is -0.340 e. The first kappa shape index (κ1) is 23.7. The van der Waals surface area contributed by atoms with E-state index in [-0.39, 0.29) is 42.3 Å². The molecule has 0 aliphatic carbocycles. The van der Waals surface area contributed by atoms with Gasteiger partial charge in [0.2, 0.25) is 11.8 Å². The van der Waals surface area contributed by atoms with Gasteiger partial charge in [0, 0.05) is 37.3 Å². The maximum absolute atomic E-state index is 12.7. The molecule has 1 N–H and O–H groups in total. The second-order valence-electron chi connectivity index (χ2n) is 8.65. The molecule has 4 rings (SSSR count). The zero-order valence-electron chi connectivity index (χ0n) is 18.5. The molecule has 2 saturated heterocycles. The molecule has 33 heavy (non-hydrogen) atoms. The first-order chi connectivity index (χ1) is 15.7. The van der Waals surface area contributed by atoms with Crippen LogP contribution in [0.2, 0.25) is 5.02 Å². The quantitative estimate of drug-likeness (QED) is 0.654. The Morgan fingerprint density at radius 2 is 1.91 bits per heavy atom. The highest BCUT2D eigenvalue weighted by molar-refractivity contribution is 7.91. The van der Waals surface area contributed by atoms with E-state index in [0.29, 0.717) is 43.4 Å². The fourth-order valence-electron chi connectivity index (χ4n) is 4.31. The molecule has 178 valence electrons. The summed E-state index contributed by atoms with van der Waals surface area (Å²) in [6.45, 7) is 4.30. The summed E-state index contributed by atoms with van der Waals surface area (Å²) in [5, 5.41) is 7.87. The molecule has 0 spiro atoms. The molecule has 0 saturated carbocycles. The van der Waals surface area contributed by atoms with Crippen LogP contribution < -0.4 is 5.32 Å². The number of rotatable bonds is 6. The number of halogens is 1. The van der Waals surface area contributed by atoms with Crippen molar-refractivity contribution in [3.63, 3.8) is 0 Å². The molecule has 1 atom stereocenters. The van der Waals surface area contributed by atoms with Gasteiger partial charge in [0.15, 0.2) is 9.84 Å². The number of aryl methyl sites for hydroxylation is 1. The highest BCUT2D eigenvalue weighted by Crippen LogP contribution is 2.27. The molecule has 2 aliphatic rings. The summed E-state index contributed by atoms with van der Waals surface area (Å²) in [4.78, 5) is 29.1. The molecule has 2 amide bonds. The summed E-state index contributed by atoms with van der Waals surface area (Å²) in [7, 11) is -3.06. The third-order valence-electron chi connectivity index (χ3n) is 6.07. The number of benzene rings is 1. The normalized spacial score (nSPS) is 20.7. The summed E-state index contributed by atoms with van der Waals surface area (Å²) in [5.74, 6) is 0.545. The van der Waals surface area contributed by atoms with E-state index < -0.39 is 9.84 Å². The van der Waals surface area contributed by atoms with Crippen molar-refractivity contribution >= 4 is 39.1 Å². The molecule has 9 nitrogen and oxygen atoms in total. The van der Waals surface area contributed by atoms with Crippen LogP contribution in [0.1, 0.15) is 23.7 Å². The van der Waals surface area contributed by atoms with Crippen molar-refractivity contribution in [3.05, 3.63) is 46.6 Å². The number of anilines is 1. The Labute approximate surface area is 198 Å². The molecule has 3 heterocycles. The van der Waals surface area contributed by atoms with Gasteiger partial charge >= 0.3 is 0 Å². The number of aromatic nitrogens is 2. The number of carbonyl (C=O) groups excluding carboxylic acids is 2. The fraction of sp³-hybridized carbons (Fsp3) is 0.500. The summed E-state index contributed by atoms with van der Waals surface area (Å²) in [5.41, 5.74) is 1.54. The number of nitrogens with zero attached hydrogens (tertiary/aromatic N) is 4. The van der Waals surface area contributed by atoms with Crippen molar-refractivity contribution in [2.75, 3.05) is 49.5 Å². The Morgan fingerprint density at radius 3 is 2.58 bits per heavy atom. The Balaban J connectivity index is 1.28. The van der Waals surface area contributed by atoms with E-state index in [1.54, 1.807) is 21.7 Å². The van der Waals surface area contributed by atoms with Crippen molar-refractivity contribution in [1.29, 1.82) is 0 Å². The van der Waals surface area contributed by atoms with Gasteiger partial charge in [-0.2, -0.15) is 5.10 Å². The zero-order chi connectivity index (χ0) is 23.6. The standard InChI is InChI=1S/C22H28ClN5O4S/c1-16-12-20(28(25-16)18-6-11-33(31,32)15-18)24-21(29)14-26-7-9-27(10-8-26)22(30)13-17-4-2-3-5-19(17)23/h2-5,12,18H,6-11,13-15H2,1H3,(H,24,29). The second kappa shape index (κ2) is 9.82. The molecule has 2 aliphatic heterocycles. The Kier molecular flexibility index (Phi) is 7.06. The molecule has 1 aromatic carbocycles. The summed E-state index contributed by atoms with van der Waals surface area (Å²) in [6, 6.07) is 8.84. The summed E-state index contributed by atoms with van der Waals surface area (Å²) in [6.07, 6.45) is 0.761. The van der Waals surface area contributed by atoms with Crippen LogP contribution in [0.5, 0.6) is 0 Å². The van der Waals surface area contributed by atoms with Gasteiger partial charge in [-0.1, -0.05) is 29.8 Å². The highest BCUT2D eigenvalue weighted by atomic mass is 35.5. The number of carbonyl (C=O) groups is 2. The van der Waals surface area contributed by atoms with E-state index in [4.69, 9.17) is 11.6 Å². The number of piperazine rings is 1. The van der Waals surface area contributed by atoms with E-state index >= 15 is 0 Å². The number of hydrogen-bond donors (Lipinski definition) is 1. The van der Waals surface area contributed by atoms with Crippen molar-refractivity contribution in [2.45, 2.75) is 25.8 Å². The lowest BCUT2D eigenvalue weighted by Crippen LogP contribution is -2.50. The lowest BCUT2D eigenvalue weighted by Gasteiger charge is -2.34. The van der Waals surface area contributed by atoms with E-state index in [1.165, 1.54) is 0 Å². The molecule has 11 heteroatoms. The van der Waals surface area contributed by atoms with Crippen molar-refractivity contribution in [2.24, 2.45) is 0 Å². The van der Waals surface area contributed by atoms with Gasteiger partial charge in [0.25, 0.3) is 0 Å². The van der Waals surface area contributed by atoms with Gasteiger partial charge < -0.3 is 10.2 Å². The smallest absolute Gasteiger partial charge is 0.239 e. The van der Waals surface area contributed by atoms with Crippen LogP contribution in [-0.2, 0) is 25.8 Å². The van der Waals surface area contributed by atoms with Gasteiger partial charge in [-0.3, -0.25) is 14.5 Å². The number of hydrogen-bond acceptors (Lipinski definition) is 6. The topological polar surface area (TPSA) is 105 Å². The maximum Gasteiger partial charge on any atom is 0.239 e. The molecule has 0 radical (unpaired) electrons. The average molecular weight is 494 g/mol. The third-order valence-corrected chi connectivity index (χ3v) is 8.19. The van der Waals surface area contributed by atoms with Gasteiger partial charge in [0.05, 0.1) is 36.2 Å². The van der Waals surface area contributed by atoms with Gasteiger partial charge in [-0.05, 0) is 25.0 Å². The predicted molar refractivity (Wildman–Crippen MR) is 126 cm³/mol. The zero-order valence-corrected chi connectivity index (χ0v) is 20.1. The Hall–Kier alpha value is -2.43.